The number of rotatable bonds is 8. The number of unbranched alkanes of at least 4 members (excludes halogenated alkanes) is 1. The third-order valence-electron chi connectivity index (χ3n) is 1.90. The van der Waals surface area contributed by atoms with E-state index in [1.165, 1.54) is 0 Å². The Morgan fingerprint density at radius 2 is 1.71 bits per heavy atom. The van der Waals surface area contributed by atoms with E-state index < -0.39 is 0 Å². The summed E-state index contributed by atoms with van der Waals surface area (Å²) >= 11 is 0. The van der Waals surface area contributed by atoms with Crippen molar-refractivity contribution in [1.29, 1.82) is 0 Å². The van der Waals surface area contributed by atoms with Gasteiger partial charge in [-0.2, -0.15) is 0 Å². The molecule has 0 saturated carbocycles. The number of carbonyl (C=O) groups excluding carboxylic acids is 2. The number of esters is 1. The summed E-state index contributed by atoms with van der Waals surface area (Å²) in [6.07, 6.45) is 3.91. The molecule has 14 heavy (non-hydrogen) atoms. The smallest absolute Gasteiger partial charge is 0.306 e. The van der Waals surface area contributed by atoms with Crippen molar-refractivity contribution in [2.24, 2.45) is 0 Å². The lowest BCUT2D eigenvalue weighted by molar-refractivity contribution is -0.144. The molecule has 0 amide bonds. The van der Waals surface area contributed by atoms with Gasteiger partial charge in [-0.15, -0.1) is 0 Å². The van der Waals surface area contributed by atoms with Crippen LogP contribution in [0.15, 0.2) is 0 Å². The second-order valence-electron chi connectivity index (χ2n) is 3.36. The molecule has 3 heteroatoms. The molecule has 0 heterocycles. The maximum Gasteiger partial charge on any atom is 0.306 e. The predicted octanol–water partition coefficient (Wildman–Crippen LogP) is 2.48. The third kappa shape index (κ3) is 7.77. The molecule has 0 aliphatic rings. The van der Waals surface area contributed by atoms with Crippen LogP contribution in [0.4, 0.5) is 0 Å². The van der Waals surface area contributed by atoms with E-state index in [9.17, 15) is 9.59 Å². The molecule has 82 valence electrons. The van der Waals surface area contributed by atoms with Crippen molar-refractivity contribution in [1.82, 2.24) is 0 Å². The molecule has 0 spiro atoms. The van der Waals surface area contributed by atoms with Crippen molar-refractivity contribution >= 4 is 11.8 Å². The highest BCUT2D eigenvalue weighted by atomic mass is 16.5. The first-order valence-corrected chi connectivity index (χ1v) is 5.38. The minimum Gasteiger partial charge on any atom is -0.466 e. The highest BCUT2D eigenvalue weighted by Crippen LogP contribution is 2.00. The minimum atomic E-state index is -0.247. The summed E-state index contributed by atoms with van der Waals surface area (Å²) in [5, 5.41) is 0. The molecule has 3 nitrogen and oxygen atoms in total. The van der Waals surface area contributed by atoms with Crippen molar-refractivity contribution < 1.29 is 14.3 Å². The zero-order valence-electron chi connectivity index (χ0n) is 9.17. The summed E-state index contributed by atoms with van der Waals surface area (Å²) in [7, 11) is 0. The van der Waals surface area contributed by atoms with Crippen LogP contribution in [0.2, 0.25) is 0 Å². The lowest BCUT2D eigenvalue weighted by atomic mass is 10.1. The SMILES string of the molecule is CCCCOC(=O)CCC(=O)CCC. The van der Waals surface area contributed by atoms with Crippen LogP contribution in [-0.2, 0) is 14.3 Å². The van der Waals surface area contributed by atoms with Crippen LogP contribution in [0.1, 0.15) is 52.4 Å². The van der Waals surface area contributed by atoms with E-state index in [2.05, 4.69) is 0 Å². The summed E-state index contributed by atoms with van der Waals surface area (Å²) in [5.41, 5.74) is 0. The quantitative estimate of drug-likeness (QED) is 0.446. The van der Waals surface area contributed by atoms with Crippen molar-refractivity contribution in [3.8, 4) is 0 Å². The molecule has 0 aromatic rings. The zero-order valence-corrected chi connectivity index (χ0v) is 9.17. The van der Waals surface area contributed by atoms with Crippen LogP contribution < -0.4 is 0 Å². The van der Waals surface area contributed by atoms with E-state index in [1.54, 1.807) is 0 Å². The fraction of sp³-hybridized carbons (Fsp3) is 0.818. The number of hydrogen-bond donors (Lipinski definition) is 0. The van der Waals surface area contributed by atoms with Crippen molar-refractivity contribution in [2.75, 3.05) is 6.61 Å². The molecule has 0 unspecified atom stereocenters. The summed E-state index contributed by atoms with van der Waals surface area (Å²) in [6.45, 7) is 4.48. The van der Waals surface area contributed by atoms with E-state index in [1.807, 2.05) is 13.8 Å². The first-order valence-electron chi connectivity index (χ1n) is 5.38. The van der Waals surface area contributed by atoms with Crippen molar-refractivity contribution in [3.63, 3.8) is 0 Å². The van der Waals surface area contributed by atoms with Gasteiger partial charge in [0, 0.05) is 12.8 Å². The molecule has 0 rings (SSSR count). The molecule has 0 atom stereocenters. The van der Waals surface area contributed by atoms with E-state index in [0.29, 0.717) is 19.4 Å². The van der Waals surface area contributed by atoms with Crippen LogP contribution >= 0.6 is 0 Å². The predicted molar refractivity (Wildman–Crippen MR) is 55.0 cm³/mol. The van der Waals surface area contributed by atoms with Gasteiger partial charge in [0.15, 0.2) is 0 Å². The van der Waals surface area contributed by atoms with Crippen LogP contribution in [0.5, 0.6) is 0 Å². The summed E-state index contributed by atoms with van der Waals surface area (Å²) in [6, 6.07) is 0. The number of carbonyl (C=O) groups is 2. The molecular formula is C11H20O3. The van der Waals surface area contributed by atoms with Crippen LogP contribution in [0.25, 0.3) is 0 Å². The van der Waals surface area contributed by atoms with Gasteiger partial charge >= 0.3 is 5.97 Å². The van der Waals surface area contributed by atoms with Gasteiger partial charge in [0.05, 0.1) is 13.0 Å². The van der Waals surface area contributed by atoms with Crippen LogP contribution in [0.3, 0.4) is 0 Å². The summed E-state index contributed by atoms with van der Waals surface area (Å²) < 4.78 is 4.92. The van der Waals surface area contributed by atoms with Gasteiger partial charge < -0.3 is 4.74 Å². The maximum atomic E-state index is 11.1. The Balaban J connectivity index is 3.39. The van der Waals surface area contributed by atoms with Crippen molar-refractivity contribution in [3.05, 3.63) is 0 Å². The molecule has 0 fully saturated rings. The average molecular weight is 200 g/mol. The second kappa shape index (κ2) is 8.73. The first kappa shape index (κ1) is 13.1. The largest absolute Gasteiger partial charge is 0.466 e. The topological polar surface area (TPSA) is 43.4 Å². The summed E-state index contributed by atoms with van der Waals surface area (Å²) in [5.74, 6) is -0.0946. The number of Topliss-reactive ketones (excluding diaryl/α,β-unsaturated/α-hetero) is 1. The van der Waals surface area contributed by atoms with Gasteiger partial charge in [-0.1, -0.05) is 20.3 Å². The normalized spacial score (nSPS) is 9.86. The number of ketones is 1. The fourth-order valence-electron chi connectivity index (χ4n) is 1.05. The Kier molecular flexibility index (Phi) is 8.19. The van der Waals surface area contributed by atoms with Crippen LogP contribution in [0, 0.1) is 0 Å². The van der Waals surface area contributed by atoms with E-state index in [-0.39, 0.29) is 18.2 Å². The Morgan fingerprint density at radius 1 is 1.00 bits per heavy atom. The number of ether oxygens (including phenoxy) is 1. The molecule has 0 aliphatic heterocycles. The van der Waals surface area contributed by atoms with Gasteiger partial charge in [-0.3, -0.25) is 9.59 Å². The molecule has 0 aromatic heterocycles. The highest BCUT2D eigenvalue weighted by molar-refractivity contribution is 5.82. The molecule has 0 radical (unpaired) electrons. The van der Waals surface area contributed by atoms with E-state index in [0.717, 1.165) is 19.3 Å². The highest BCUT2D eigenvalue weighted by Gasteiger charge is 2.06. The Labute approximate surface area is 85.8 Å². The van der Waals surface area contributed by atoms with Gasteiger partial charge in [0.25, 0.3) is 0 Å². The van der Waals surface area contributed by atoms with Crippen molar-refractivity contribution in [2.45, 2.75) is 52.4 Å². The Bertz CT molecular complexity index is 175. The Morgan fingerprint density at radius 3 is 2.29 bits per heavy atom. The van der Waals surface area contributed by atoms with E-state index >= 15 is 0 Å². The fourth-order valence-corrected chi connectivity index (χ4v) is 1.05. The van der Waals surface area contributed by atoms with Gasteiger partial charge in [0.2, 0.25) is 0 Å². The van der Waals surface area contributed by atoms with E-state index in [4.69, 9.17) is 4.74 Å². The molecule has 0 saturated heterocycles. The zero-order chi connectivity index (χ0) is 10.8. The van der Waals surface area contributed by atoms with Gasteiger partial charge in [0.1, 0.15) is 5.78 Å². The van der Waals surface area contributed by atoms with Gasteiger partial charge in [-0.25, -0.2) is 0 Å². The third-order valence-corrected chi connectivity index (χ3v) is 1.90. The molecule has 0 aromatic carbocycles. The monoisotopic (exact) mass is 200 g/mol. The number of hydrogen-bond acceptors (Lipinski definition) is 3. The van der Waals surface area contributed by atoms with Crippen LogP contribution in [-0.4, -0.2) is 18.4 Å². The second-order valence-corrected chi connectivity index (χ2v) is 3.36. The minimum absolute atomic E-state index is 0.153. The summed E-state index contributed by atoms with van der Waals surface area (Å²) in [4.78, 5) is 22.1. The Hall–Kier alpha value is -0.860. The molecule has 0 bridgehead atoms. The lowest BCUT2D eigenvalue weighted by Crippen LogP contribution is -2.08. The molecule has 0 N–H and O–H groups in total. The lowest BCUT2D eigenvalue weighted by Gasteiger charge is -2.02. The molecular weight excluding hydrogens is 180 g/mol. The standard InChI is InChI=1S/C11H20O3/c1-3-5-9-14-11(13)8-7-10(12)6-4-2/h3-9H2,1-2H3. The average Bonchev–Trinajstić information content (AvgIpc) is 2.16. The first-order chi connectivity index (χ1) is 6.70. The van der Waals surface area contributed by atoms with Gasteiger partial charge in [-0.05, 0) is 12.8 Å². The molecule has 0 aliphatic carbocycles. The maximum absolute atomic E-state index is 11.1.